The molecule has 1 N–H and O–H groups in total. The lowest BCUT2D eigenvalue weighted by molar-refractivity contribution is -0.119. The van der Waals surface area contributed by atoms with Crippen LogP contribution in [0.25, 0.3) is 0 Å². The topological polar surface area (TPSA) is 97.3 Å². The van der Waals surface area contributed by atoms with Gasteiger partial charge in [0.2, 0.25) is 10.0 Å². The maximum atomic E-state index is 12.4. The van der Waals surface area contributed by atoms with Crippen molar-refractivity contribution in [1.29, 1.82) is 0 Å². The standard InChI is InChI=1S/C23H29N3O5S/c1-6-10-31-21-9-8-19(14-22(21)30-7-2)15-24-25-23(27)16-26(32(5,28)29)20-12-17(3)11-18(4)13-20/h6,8-9,11-15H,1,7,10,16H2,2-5H3,(H,25,27)/b24-15-. The third-order valence-electron chi connectivity index (χ3n) is 4.21. The van der Waals surface area contributed by atoms with E-state index in [1.54, 1.807) is 36.4 Å². The second-order valence-electron chi connectivity index (χ2n) is 7.15. The third-order valence-corrected chi connectivity index (χ3v) is 5.35. The predicted molar refractivity (Wildman–Crippen MR) is 127 cm³/mol. The molecule has 1 amide bonds. The van der Waals surface area contributed by atoms with Crippen molar-refractivity contribution in [2.24, 2.45) is 5.10 Å². The molecule has 0 radical (unpaired) electrons. The number of hydrogen-bond donors (Lipinski definition) is 1. The second kappa shape index (κ2) is 11.3. The number of aryl methyl sites for hydroxylation is 2. The molecule has 0 fully saturated rings. The van der Waals surface area contributed by atoms with Crippen molar-refractivity contribution >= 4 is 27.8 Å². The lowest BCUT2D eigenvalue weighted by atomic mass is 10.1. The molecule has 0 heterocycles. The van der Waals surface area contributed by atoms with Gasteiger partial charge in [-0.1, -0.05) is 18.7 Å². The highest BCUT2D eigenvalue weighted by molar-refractivity contribution is 7.92. The van der Waals surface area contributed by atoms with Crippen LogP contribution in [0.5, 0.6) is 11.5 Å². The number of ether oxygens (including phenoxy) is 2. The summed E-state index contributed by atoms with van der Waals surface area (Å²) in [6.45, 7) is 9.63. The molecule has 0 aliphatic carbocycles. The number of carbonyl (C=O) groups is 1. The normalized spacial score (nSPS) is 11.2. The van der Waals surface area contributed by atoms with Crippen molar-refractivity contribution in [3.63, 3.8) is 0 Å². The van der Waals surface area contributed by atoms with Crippen LogP contribution in [-0.4, -0.2) is 46.6 Å². The van der Waals surface area contributed by atoms with Crippen LogP contribution in [0.4, 0.5) is 5.69 Å². The van der Waals surface area contributed by atoms with Gasteiger partial charge in [-0.15, -0.1) is 0 Å². The summed E-state index contributed by atoms with van der Waals surface area (Å²) in [7, 11) is -3.67. The first-order valence-corrected chi connectivity index (χ1v) is 11.9. The zero-order chi connectivity index (χ0) is 23.7. The molecule has 0 aliphatic rings. The maximum Gasteiger partial charge on any atom is 0.260 e. The molecule has 2 aromatic rings. The van der Waals surface area contributed by atoms with Crippen molar-refractivity contribution in [2.45, 2.75) is 20.8 Å². The largest absolute Gasteiger partial charge is 0.490 e. The van der Waals surface area contributed by atoms with Crippen LogP contribution in [0.2, 0.25) is 0 Å². The summed E-state index contributed by atoms with van der Waals surface area (Å²) in [6.07, 6.45) is 4.14. The van der Waals surface area contributed by atoms with Gasteiger partial charge in [-0.05, 0) is 67.8 Å². The fourth-order valence-electron chi connectivity index (χ4n) is 2.98. The van der Waals surface area contributed by atoms with Crippen LogP contribution in [0.1, 0.15) is 23.6 Å². The summed E-state index contributed by atoms with van der Waals surface area (Å²) < 4.78 is 36.7. The van der Waals surface area contributed by atoms with Gasteiger partial charge in [0.1, 0.15) is 13.2 Å². The highest BCUT2D eigenvalue weighted by atomic mass is 32.2. The predicted octanol–water partition coefficient (Wildman–Crippen LogP) is 3.18. The monoisotopic (exact) mass is 459 g/mol. The molecule has 2 aromatic carbocycles. The Hall–Kier alpha value is -3.33. The average Bonchev–Trinajstić information content (AvgIpc) is 2.70. The Kier molecular flexibility index (Phi) is 8.83. The van der Waals surface area contributed by atoms with E-state index in [1.807, 2.05) is 26.8 Å². The lowest BCUT2D eigenvalue weighted by Gasteiger charge is -2.22. The molecule has 8 nitrogen and oxygen atoms in total. The third kappa shape index (κ3) is 7.42. The van der Waals surface area contributed by atoms with Gasteiger partial charge in [0.15, 0.2) is 11.5 Å². The average molecular weight is 460 g/mol. The first-order chi connectivity index (χ1) is 15.1. The van der Waals surface area contributed by atoms with Gasteiger partial charge in [-0.25, -0.2) is 13.8 Å². The molecule has 2 rings (SSSR count). The molecule has 0 atom stereocenters. The molecule has 0 aromatic heterocycles. The van der Waals surface area contributed by atoms with E-state index in [0.29, 0.717) is 36.0 Å². The Morgan fingerprint density at radius 1 is 1.12 bits per heavy atom. The molecule has 0 saturated heterocycles. The van der Waals surface area contributed by atoms with Crippen molar-refractivity contribution in [3.8, 4) is 11.5 Å². The molecule has 9 heteroatoms. The molecule has 0 saturated carbocycles. The maximum absolute atomic E-state index is 12.4. The fourth-order valence-corrected chi connectivity index (χ4v) is 3.82. The van der Waals surface area contributed by atoms with Gasteiger partial charge in [0.05, 0.1) is 24.8 Å². The van der Waals surface area contributed by atoms with Crippen molar-refractivity contribution < 1.29 is 22.7 Å². The molecular formula is C23H29N3O5S. The summed E-state index contributed by atoms with van der Waals surface area (Å²) in [6, 6.07) is 10.6. The molecule has 0 unspecified atom stereocenters. The number of rotatable bonds is 11. The highest BCUT2D eigenvalue weighted by Crippen LogP contribution is 2.28. The van der Waals surface area contributed by atoms with Crippen LogP contribution in [0.15, 0.2) is 54.2 Å². The van der Waals surface area contributed by atoms with Crippen molar-refractivity contribution in [3.05, 3.63) is 65.7 Å². The van der Waals surface area contributed by atoms with E-state index in [0.717, 1.165) is 21.7 Å². The van der Waals surface area contributed by atoms with Crippen LogP contribution in [0, 0.1) is 13.8 Å². The summed E-state index contributed by atoms with van der Waals surface area (Å²) in [5.74, 6) is 0.551. The quantitative estimate of drug-likeness (QED) is 0.316. The van der Waals surface area contributed by atoms with Crippen LogP contribution in [0.3, 0.4) is 0 Å². The minimum absolute atomic E-state index is 0.348. The van der Waals surface area contributed by atoms with E-state index < -0.39 is 22.5 Å². The molecule has 32 heavy (non-hydrogen) atoms. The Morgan fingerprint density at radius 3 is 2.41 bits per heavy atom. The highest BCUT2D eigenvalue weighted by Gasteiger charge is 2.21. The summed E-state index contributed by atoms with van der Waals surface area (Å²) in [4.78, 5) is 12.4. The second-order valence-corrected chi connectivity index (χ2v) is 9.05. The number of benzene rings is 2. The zero-order valence-corrected chi connectivity index (χ0v) is 19.6. The first kappa shape index (κ1) is 24.9. The van der Waals surface area contributed by atoms with Crippen LogP contribution in [-0.2, 0) is 14.8 Å². The van der Waals surface area contributed by atoms with Gasteiger partial charge < -0.3 is 9.47 Å². The molecular weight excluding hydrogens is 430 g/mol. The van der Waals surface area contributed by atoms with Crippen molar-refractivity contribution in [1.82, 2.24) is 5.43 Å². The number of nitrogens with one attached hydrogen (secondary N) is 1. The van der Waals surface area contributed by atoms with Gasteiger partial charge in [-0.2, -0.15) is 5.10 Å². The number of sulfonamides is 1. The Morgan fingerprint density at radius 2 is 1.81 bits per heavy atom. The number of carbonyl (C=O) groups excluding carboxylic acids is 1. The minimum atomic E-state index is -3.67. The van der Waals surface area contributed by atoms with E-state index in [-0.39, 0.29) is 0 Å². The number of nitrogens with zero attached hydrogens (tertiary/aromatic N) is 2. The van der Waals surface area contributed by atoms with E-state index in [1.165, 1.54) is 6.21 Å². The number of anilines is 1. The Balaban J connectivity index is 2.11. The Bertz CT molecular complexity index is 1080. The van der Waals surface area contributed by atoms with E-state index in [4.69, 9.17) is 9.47 Å². The van der Waals surface area contributed by atoms with Gasteiger partial charge in [-0.3, -0.25) is 9.10 Å². The number of amides is 1. The smallest absolute Gasteiger partial charge is 0.260 e. The lowest BCUT2D eigenvalue weighted by Crippen LogP contribution is -2.39. The van der Waals surface area contributed by atoms with Gasteiger partial charge >= 0.3 is 0 Å². The molecule has 0 bridgehead atoms. The summed E-state index contributed by atoms with van der Waals surface area (Å²) in [5.41, 5.74) is 5.28. The molecule has 0 spiro atoms. The first-order valence-electron chi connectivity index (χ1n) is 10.0. The molecule has 172 valence electrons. The SMILES string of the molecule is C=CCOc1ccc(/C=N\NC(=O)CN(c2cc(C)cc(C)c2)S(C)(=O)=O)cc1OCC. The van der Waals surface area contributed by atoms with Gasteiger partial charge in [0, 0.05) is 0 Å². The van der Waals surface area contributed by atoms with E-state index >= 15 is 0 Å². The summed E-state index contributed by atoms with van der Waals surface area (Å²) >= 11 is 0. The summed E-state index contributed by atoms with van der Waals surface area (Å²) in [5, 5.41) is 3.94. The number of hydrazone groups is 1. The van der Waals surface area contributed by atoms with Crippen LogP contribution < -0.4 is 19.2 Å². The van der Waals surface area contributed by atoms with Crippen LogP contribution >= 0.6 is 0 Å². The van der Waals surface area contributed by atoms with E-state index in [9.17, 15) is 13.2 Å². The van der Waals surface area contributed by atoms with E-state index in [2.05, 4.69) is 17.1 Å². The van der Waals surface area contributed by atoms with Gasteiger partial charge in [0.25, 0.3) is 5.91 Å². The minimum Gasteiger partial charge on any atom is -0.490 e. The number of hydrogen-bond acceptors (Lipinski definition) is 6. The van der Waals surface area contributed by atoms with Crippen molar-refractivity contribution in [2.75, 3.05) is 30.3 Å². The zero-order valence-electron chi connectivity index (χ0n) is 18.8. The fraction of sp³-hybridized carbons (Fsp3) is 0.304. The Labute approximate surface area is 189 Å². The molecule has 0 aliphatic heterocycles.